The van der Waals surface area contributed by atoms with E-state index in [0.29, 0.717) is 40.9 Å². The standard InChI is InChI=1S/C41H41N5O6/c1-30-13-10-16-32(23-30)43-41(50)42-26-38(47)46(27-39(48)44(2)33-17-8-5-9-18-33)35-20-12-22-37(25-35)52-29-40(49)45(3)34-19-11-21-36(24-34)51-28-31-14-6-4-7-15-31/h4-25H,26-29H2,1-3H3,(H2,42,43,50). The summed E-state index contributed by atoms with van der Waals surface area (Å²) in [5.41, 5.74) is 4.21. The first-order chi connectivity index (χ1) is 25.2. The average molecular weight is 700 g/mol. The summed E-state index contributed by atoms with van der Waals surface area (Å²) in [5, 5.41) is 5.29. The SMILES string of the molecule is Cc1cccc(NC(=O)NCC(=O)N(CC(=O)N(C)c2ccccc2)c2cccc(OCC(=O)N(C)c3cccc(OCc4ccccc4)c3)c2)c1. The largest absolute Gasteiger partial charge is 0.489 e. The Morgan fingerprint density at radius 1 is 0.596 bits per heavy atom. The van der Waals surface area contributed by atoms with Crippen LogP contribution in [0.4, 0.5) is 27.5 Å². The summed E-state index contributed by atoms with van der Waals surface area (Å²) in [6.07, 6.45) is 0. The van der Waals surface area contributed by atoms with Crippen LogP contribution >= 0.6 is 0 Å². The van der Waals surface area contributed by atoms with E-state index in [-0.39, 0.29) is 31.5 Å². The summed E-state index contributed by atoms with van der Waals surface area (Å²) in [6, 6.07) is 39.3. The van der Waals surface area contributed by atoms with Gasteiger partial charge in [-0.1, -0.05) is 72.8 Å². The molecule has 5 rings (SSSR count). The van der Waals surface area contributed by atoms with E-state index in [9.17, 15) is 19.2 Å². The number of para-hydroxylation sites is 1. The Hall–Kier alpha value is -6.62. The lowest BCUT2D eigenvalue weighted by Crippen LogP contribution is -2.46. The minimum absolute atomic E-state index is 0.292. The lowest BCUT2D eigenvalue weighted by molar-refractivity contribution is -0.121. The molecule has 0 fully saturated rings. The van der Waals surface area contributed by atoms with Crippen molar-refractivity contribution in [3.05, 3.63) is 145 Å². The molecule has 0 unspecified atom stereocenters. The van der Waals surface area contributed by atoms with Crippen LogP contribution in [0.2, 0.25) is 0 Å². The van der Waals surface area contributed by atoms with Gasteiger partial charge in [-0.25, -0.2) is 4.79 Å². The topological polar surface area (TPSA) is 121 Å². The summed E-state index contributed by atoms with van der Waals surface area (Å²) in [7, 11) is 3.27. The first kappa shape index (κ1) is 36.7. The van der Waals surface area contributed by atoms with Crippen molar-refractivity contribution >= 4 is 46.5 Å². The Bertz CT molecular complexity index is 1990. The van der Waals surface area contributed by atoms with Crippen LogP contribution in [-0.4, -0.2) is 57.5 Å². The molecule has 0 aliphatic rings. The molecular weight excluding hydrogens is 658 g/mol. The lowest BCUT2D eigenvalue weighted by atomic mass is 10.2. The first-order valence-electron chi connectivity index (χ1n) is 16.7. The molecule has 5 aromatic rings. The number of carbonyl (C=O) groups excluding carboxylic acids is 4. The number of nitrogens with one attached hydrogen (secondary N) is 2. The van der Waals surface area contributed by atoms with E-state index in [0.717, 1.165) is 11.1 Å². The summed E-state index contributed by atoms with van der Waals surface area (Å²) in [6.45, 7) is 1.30. The van der Waals surface area contributed by atoms with Gasteiger partial charge in [0.05, 0.1) is 6.54 Å². The lowest BCUT2D eigenvalue weighted by Gasteiger charge is -2.26. The highest BCUT2D eigenvalue weighted by atomic mass is 16.5. The van der Waals surface area contributed by atoms with Crippen molar-refractivity contribution < 1.29 is 28.7 Å². The minimum Gasteiger partial charge on any atom is -0.489 e. The van der Waals surface area contributed by atoms with Crippen LogP contribution in [0.3, 0.4) is 0 Å². The number of carbonyl (C=O) groups is 4. The molecule has 11 heteroatoms. The maximum atomic E-state index is 13.6. The Kier molecular flexibility index (Phi) is 12.6. The van der Waals surface area contributed by atoms with Crippen molar-refractivity contribution in [1.29, 1.82) is 0 Å². The molecule has 11 nitrogen and oxygen atoms in total. The van der Waals surface area contributed by atoms with Gasteiger partial charge in [0.25, 0.3) is 5.91 Å². The van der Waals surface area contributed by atoms with Crippen molar-refractivity contribution in [2.45, 2.75) is 13.5 Å². The van der Waals surface area contributed by atoms with Crippen LogP contribution < -0.4 is 34.8 Å². The smallest absolute Gasteiger partial charge is 0.319 e. The van der Waals surface area contributed by atoms with Gasteiger partial charge in [-0.3, -0.25) is 14.4 Å². The van der Waals surface area contributed by atoms with Crippen molar-refractivity contribution in [2.75, 3.05) is 53.8 Å². The van der Waals surface area contributed by atoms with Crippen LogP contribution in [0.5, 0.6) is 11.5 Å². The number of hydrogen-bond donors (Lipinski definition) is 2. The Balaban J connectivity index is 1.25. The monoisotopic (exact) mass is 699 g/mol. The van der Waals surface area contributed by atoms with E-state index in [2.05, 4.69) is 10.6 Å². The zero-order valence-electron chi connectivity index (χ0n) is 29.3. The molecule has 2 N–H and O–H groups in total. The number of aryl methyl sites for hydroxylation is 1. The van der Waals surface area contributed by atoms with Gasteiger partial charge in [-0.05, 0) is 66.6 Å². The molecule has 0 saturated heterocycles. The Morgan fingerprint density at radius 2 is 1.19 bits per heavy atom. The van der Waals surface area contributed by atoms with Crippen LogP contribution in [0.1, 0.15) is 11.1 Å². The Morgan fingerprint density at radius 3 is 1.90 bits per heavy atom. The maximum absolute atomic E-state index is 13.6. The molecular formula is C41H41N5O6. The second-order valence-corrected chi connectivity index (χ2v) is 12.0. The minimum atomic E-state index is -0.570. The highest BCUT2D eigenvalue weighted by molar-refractivity contribution is 6.05. The van der Waals surface area contributed by atoms with Crippen molar-refractivity contribution in [1.82, 2.24) is 5.32 Å². The third-order valence-electron chi connectivity index (χ3n) is 8.11. The molecule has 0 radical (unpaired) electrons. The molecule has 0 atom stereocenters. The number of ether oxygens (including phenoxy) is 2. The molecule has 5 aromatic carbocycles. The number of rotatable bonds is 14. The molecule has 0 aliphatic heterocycles. The second kappa shape index (κ2) is 17.9. The predicted octanol–water partition coefficient (Wildman–Crippen LogP) is 6.43. The number of hydrogen-bond acceptors (Lipinski definition) is 6. The van der Waals surface area contributed by atoms with E-state index in [1.165, 1.54) is 14.7 Å². The molecule has 0 heterocycles. The fourth-order valence-electron chi connectivity index (χ4n) is 5.16. The number of benzene rings is 5. The zero-order valence-corrected chi connectivity index (χ0v) is 29.3. The van der Waals surface area contributed by atoms with E-state index in [4.69, 9.17) is 9.47 Å². The van der Waals surface area contributed by atoms with Gasteiger partial charge in [-0.15, -0.1) is 0 Å². The number of anilines is 4. The molecule has 0 aromatic heterocycles. The molecule has 0 bridgehead atoms. The first-order valence-corrected chi connectivity index (χ1v) is 16.7. The molecule has 0 spiro atoms. The molecule has 266 valence electrons. The molecule has 5 amide bonds. The fraction of sp³-hybridized carbons (Fsp3) is 0.171. The van der Waals surface area contributed by atoms with Gasteiger partial charge in [0, 0.05) is 49.0 Å². The quantitative estimate of drug-likeness (QED) is 0.138. The fourth-order valence-corrected chi connectivity index (χ4v) is 5.16. The van der Waals surface area contributed by atoms with Gasteiger partial charge < -0.3 is 34.8 Å². The van der Waals surface area contributed by atoms with Crippen molar-refractivity contribution in [2.24, 2.45) is 0 Å². The van der Waals surface area contributed by atoms with Gasteiger partial charge >= 0.3 is 6.03 Å². The summed E-state index contributed by atoms with van der Waals surface area (Å²) in [5.74, 6) is -0.277. The number of likely N-dealkylation sites (N-methyl/N-ethyl adjacent to an activating group) is 2. The normalized spacial score (nSPS) is 10.4. The van der Waals surface area contributed by atoms with Crippen LogP contribution in [0, 0.1) is 6.92 Å². The Labute approximate surface area is 303 Å². The van der Waals surface area contributed by atoms with E-state index in [1.807, 2.05) is 79.7 Å². The van der Waals surface area contributed by atoms with Crippen LogP contribution in [-0.2, 0) is 21.0 Å². The highest BCUT2D eigenvalue weighted by Crippen LogP contribution is 2.24. The predicted molar refractivity (Wildman–Crippen MR) is 203 cm³/mol. The van der Waals surface area contributed by atoms with E-state index >= 15 is 0 Å². The molecule has 0 saturated carbocycles. The van der Waals surface area contributed by atoms with Crippen LogP contribution in [0.25, 0.3) is 0 Å². The third kappa shape index (κ3) is 10.4. The van der Waals surface area contributed by atoms with Gasteiger partial charge in [0.2, 0.25) is 11.8 Å². The van der Waals surface area contributed by atoms with Gasteiger partial charge in [-0.2, -0.15) is 0 Å². The average Bonchev–Trinajstić information content (AvgIpc) is 3.17. The number of amides is 5. The number of nitrogens with zero attached hydrogens (tertiary/aromatic N) is 3. The summed E-state index contributed by atoms with van der Waals surface area (Å²) in [4.78, 5) is 57.1. The second-order valence-electron chi connectivity index (χ2n) is 12.0. The summed E-state index contributed by atoms with van der Waals surface area (Å²) < 4.78 is 11.8. The van der Waals surface area contributed by atoms with Crippen LogP contribution in [0.15, 0.2) is 133 Å². The van der Waals surface area contributed by atoms with Gasteiger partial charge in [0.15, 0.2) is 6.61 Å². The van der Waals surface area contributed by atoms with E-state index in [1.54, 1.807) is 74.8 Å². The highest BCUT2D eigenvalue weighted by Gasteiger charge is 2.23. The van der Waals surface area contributed by atoms with Gasteiger partial charge in [0.1, 0.15) is 24.7 Å². The summed E-state index contributed by atoms with van der Waals surface area (Å²) >= 11 is 0. The van der Waals surface area contributed by atoms with Crippen molar-refractivity contribution in [3.63, 3.8) is 0 Å². The van der Waals surface area contributed by atoms with Crippen molar-refractivity contribution in [3.8, 4) is 11.5 Å². The number of urea groups is 1. The molecule has 52 heavy (non-hydrogen) atoms. The van der Waals surface area contributed by atoms with E-state index < -0.39 is 11.9 Å². The molecule has 0 aliphatic carbocycles. The zero-order chi connectivity index (χ0) is 36.9. The maximum Gasteiger partial charge on any atom is 0.319 e. The third-order valence-corrected chi connectivity index (χ3v) is 8.11.